The predicted octanol–water partition coefficient (Wildman–Crippen LogP) is 0.944. The standard InChI is InChI=1S/C14H16N2O4/c1-15-12(17)7-4-10-2-5-11(6-3-10)16-13(18)8-9-14(19)20/h2-3,5-6,8-9H,4,7H2,1H3,(H,15,17)(H,16,18)(H,19,20)/b9-8+. The van der Waals surface area contributed by atoms with Gasteiger partial charge in [0.25, 0.3) is 0 Å². The average Bonchev–Trinajstić information content (AvgIpc) is 2.44. The molecule has 0 saturated heterocycles. The topological polar surface area (TPSA) is 95.5 Å². The van der Waals surface area contributed by atoms with Crippen LogP contribution in [0.4, 0.5) is 5.69 Å². The number of carboxylic acid groups (broad SMARTS) is 1. The first-order valence-corrected chi connectivity index (χ1v) is 6.03. The lowest BCUT2D eigenvalue weighted by molar-refractivity contribution is -0.131. The Morgan fingerprint density at radius 1 is 1.15 bits per heavy atom. The second-order valence-electron chi connectivity index (χ2n) is 4.03. The molecule has 0 aliphatic heterocycles. The zero-order chi connectivity index (χ0) is 15.0. The lowest BCUT2D eigenvalue weighted by Gasteiger charge is -2.04. The van der Waals surface area contributed by atoms with Crippen molar-refractivity contribution in [3.05, 3.63) is 42.0 Å². The molecule has 1 rings (SSSR count). The molecule has 6 nitrogen and oxygen atoms in total. The van der Waals surface area contributed by atoms with Crippen LogP contribution in [0.3, 0.4) is 0 Å². The second-order valence-corrected chi connectivity index (χ2v) is 4.03. The van der Waals surface area contributed by atoms with E-state index in [2.05, 4.69) is 10.6 Å². The SMILES string of the molecule is CNC(=O)CCc1ccc(NC(=O)/C=C/C(=O)O)cc1. The van der Waals surface area contributed by atoms with E-state index >= 15 is 0 Å². The van der Waals surface area contributed by atoms with Crippen molar-refractivity contribution in [3.8, 4) is 0 Å². The number of amides is 2. The van der Waals surface area contributed by atoms with Crippen molar-refractivity contribution < 1.29 is 19.5 Å². The van der Waals surface area contributed by atoms with Crippen molar-refractivity contribution in [2.75, 3.05) is 12.4 Å². The number of carbonyl (C=O) groups is 3. The van der Waals surface area contributed by atoms with Crippen LogP contribution in [0.25, 0.3) is 0 Å². The average molecular weight is 276 g/mol. The highest BCUT2D eigenvalue weighted by molar-refractivity contribution is 6.02. The minimum Gasteiger partial charge on any atom is -0.478 e. The predicted molar refractivity (Wildman–Crippen MR) is 74.2 cm³/mol. The number of benzene rings is 1. The Labute approximate surface area is 116 Å². The van der Waals surface area contributed by atoms with Gasteiger partial charge in [0, 0.05) is 31.3 Å². The minimum atomic E-state index is -1.18. The van der Waals surface area contributed by atoms with Crippen LogP contribution in [0, 0.1) is 0 Å². The summed E-state index contributed by atoms with van der Waals surface area (Å²) in [5.41, 5.74) is 1.54. The Hall–Kier alpha value is -2.63. The third-order valence-electron chi connectivity index (χ3n) is 2.52. The maximum Gasteiger partial charge on any atom is 0.328 e. The van der Waals surface area contributed by atoms with Gasteiger partial charge in [-0.1, -0.05) is 12.1 Å². The van der Waals surface area contributed by atoms with Crippen LogP contribution in [-0.2, 0) is 20.8 Å². The molecular weight excluding hydrogens is 260 g/mol. The van der Waals surface area contributed by atoms with E-state index in [0.29, 0.717) is 18.5 Å². The van der Waals surface area contributed by atoms with E-state index in [1.807, 2.05) is 0 Å². The summed E-state index contributed by atoms with van der Waals surface area (Å²) in [5, 5.41) is 13.5. The number of aliphatic carboxylic acids is 1. The molecule has 0 aliphatic carbocycles. The lowest BCUT2D eigenvalue weighted by atomic mass is 10.1. The van der Waals surface area contributed by atoms with Gasteiger partial charge in [0.1, 0.15) is 0 Å². The van der Waals surface area contributed by atoms with E-state index in [1.54, 1.807) is 31.3 Å². The van der Waals surface area contributed by atoms with Gasteiger partial charge in [0.2, 0.25) is 11.8 Å². The van der Waals surface area contributed by atoms with Crippen LogP contribution in [0.1, 0.15) is 12.0 Å². The van der Waals surface area contributed by atoms with Gasteiger partial charge in [0.05, 0.1) is 0 Å². The highest BCUT2D eigenvalue weighted by Gasteiger charge is 2.01. The highest BCUT2D eigenvalue weighted by atomic mass is 16.4. The van der Waals surface area contributed by atoms with Gasteiger partial charge in [-0.05, 0) is 24.1 Å². The molecule has 0 atom stereocenters. The van der Waals surface area contributed by atoms with Gasteiger partial charge in [-0.15, -0.1) is 0 Å². The molecule has 0 aliphatic rings. The van der Waals surface area contributed by atoms with Crippen molar-refractivity contribution in [1.82, 2.24) is 5.32 Å². The molecule has 2 amide bonds. The Balaban J connectivity index is 2.52. The van der Waals surface area contributed by atoms with Crippen LogP contribution in [0.15, 0.2) is 36.4 Å². The second kappa shape index (κ2) is 7.73. The molecular formula is C14H16N2O4. The Kier molecular flexibility index (Phi) is 5.96. The molecule has 0 spiro atoms. The van der Waals surface area contributed by atoms with E-state index in [0.717, 1.165) is 17.7 Å². The van der Waals surface area contributed by atoms with Gasteiger partial charge >= 0.3 is 5.97 Å². The molecule has 0 heterocycles. The number of aryl methyl sites for hydroxylation is 1. The fraction of sp³-hybridized carbons (Fsp3) is 0.214. The Morgan fingerprint density at radius 2 is 1.80 bits per heavy atom. The zero-order valence-corrected chi connectivity index (χ0v) is 11.1. The minimum absolute atomic E-state index is 0.0267. The third kappa shape index (κ3) is 5.81. The summed E-state index contributed by atoms with van der Waals surface area (Å²) in [6.07, 6.45) is 2.74. The highest BCUT2D eigenvalue weighted by Crippen LogP contribution is 2.11. The van der Waals surface area contributed by atoms with Gasteiger partial charge < -0.3 is 15.7 Å². The first-order chi connectivity index (χ1) is 9.51. The summed E-state index contributed by atoms with van der Waals surface area (Å²) < 4.78 is 0. The molecule has 1 aromatic carbocycles. The number of rotatable bonds is 6. The first-order valence-electron chi connectivity index (χ1n) is 6.03. The summed E-state index contributed by atoms with van der Waals surface area (Å²) in [4.78, 5) is 32.7. The van der Waals surface area contributed by atoms with Crippen molar-refractivity contribution >= 4 is 23.5 Å². The molecule has 0 bridgehead atoms. The molecule has 0 fully saturated rings. The van der Waals surface area contributed by atoms with E-state index in [9.17, 15) is 14.4 Å². The van der Waals surface area contributed by atoms with Crippen molar-refractivity contribution in [1.29, 1.82) is 0 Å². The van der Waals surface area contributed by atoms with E-state index in [-0.39, 0.29) is 5.91 Å². The van der Waals surface area contributed by atoms with Gasteiger partial charge in [0.15, 0.2) is 0 Å². The van der Waals surface area contributed by atoms with Crippen molar-refractivity contribution in [2.45, 2.75) is 12.8 Å². The smallest absolute Gasteiger partial charge is 0.328 e. The molecule has 1 aromatic rings. The van der Waals surface area contributed by atoms with Crippen molar-refractivity contribution in [2.24, 2.45) is 0 Å². The largest absolute Gasteiger partial charge is 0.478 e. The summed E-state index contributed by atoms with van der Waals surface area (Å²) in [6, 6.07) is 7.01. The number of nitrogens with one attached hydrogen (secondary N) is 2. The number of hydrogen-bond acceptors (Lipinski definition) is 3. The summed E-state index contributed by atoms with van der Waals surface area (Å²) in [7, 11) is 1.59. The van der Waals surface area contributed by atoms with E-state index in [1.165, 1.54) is 0 Å². The van der Waals surface area contributed by atoms with Crippen LogP contribution >= 0.6 is 0 Å². The molecule has 6 heteroatoms. The van der Waals surface area contributed by atoms with Crippen LogP contribution in [-0.4, -0.2) is 29.9 Å². The maximum absolute atomic E-state index is 11.3. The number of carboxylic acids is 1. The van der Waals surface area contributed by atoms with Crippen molar-refractivity contribution in [3.63, 3.8) is 0 Å². The fourth-order valence-corrected chi connectivity index (χ4v) is 1.47. The van der Waals surface area contributed by atoms with Gasteiger partial charge in [-0.2, -0.15) is 0 Å². The van der Waals surface area contributed by atoms with Crippen LogP contribution in [0.2, 0.25) is 0 Å². The van der Waals surface area contributed by atoms with Gasteiger partial charge in [-0.3, -0.25) is 9.59 Å². The first kappa shape index (κ1) is 15.4. The summed E-state index contributed by atoms with van der Waals surface area (Å²) >= 11 is 0. The normalized spacial score (nSPS) is 10.2. The summed E-state index contributed by atoms with van der Waals surface area (Å²) in [6.45, 7) is 0. The Morgan fingerprint density at radius 3 is 2.35 bits per heavy atom. The number of anilines is 1. The third-order valence-corrected chi connectivity index (χ3v) is 2.52. The monoisotopic (exact) mass is 276 g/mol. The number of carbonyl (C=O) groups excluding carboxylic acids is 2. The molecule has 0 unspecified atom stereocenters. The quantitative estimate of drug-likeness (QED) is 0.674. The van der Waals surface area contributed by atoms with Crippen LogP contribution in [0.5, 0.6) is 0 Å². The molecule has 0 saturated carbocycles. The van der Waals surface area contributed by atoms with Crippen LogP contribution < -0.4 is 10.6 Å². The lowest BCUT2D eigenvalue weighted by Crippen LogP contribution is -2.17. The van der Waals surface area contributed by atoms with E-state index in [4.69, 9.17) is 5.11 Å². The zero-order valence-electron chi connectivity index (χ0n) is 11.1. The summed E-state index contributed by atoms with van der Waals surface area (Å²) in [5.74, 6) is -1.71. The molecule has 0 radical (unpaired) electrons. The maximum atomic E-state index is 11.3. The molecule has 0 aromatic heterocycles. The molecule has 3 N–H and O–H groups in total. The van der Waals surface area contributed by atoms with E-state index < -0.39 is 11.9 Å². The van der Waals surface area contributed by atoms with Gasteiger partial charge in [-0.25, -0.2) is 4.79 Å². The fourth-order valence-electron chi connectivity index (χ4n) is 1.47. The number of hydrogen-bond donors (Lipinski definition) is 3. The molecule has 106 valence electrons. The molecule has 20 heavy (non-hydrogen) atoms. The Bertz CT molecular complexity index is 520.